The third kappa shape index (κ3) is 2.82. The fourth-order valence-corrected chi connectivity index (χ4v) is 3.91. The molecule has 4 nitrogen and oxygen atoms in total. The first-order chi connectivity index (χ1) is 14.1. The van der Waals surface area contributed by atoms with Crippen LogP contribution in [0.5, 0.6) is 0 Å². The number of hydrogen-bond donors (Lipinski definition) is 0. The summed E-state index contributed by atoms with van der Waals surface area (Å²) in [5.74, 6) is -0.189. The van der Waals surface area contributed by atoms with Crippen LogP contribution in [0.25, 0.3) is 38.4 Å². The molecule has 0 N–H and O–H groups in total. The van der Waals surface area contributed by atoms with Crippen LogP contribution in [0.3, 0.4) is 0 Å². The van der Waals surface area contributed by atoms with Gasteiger partial charge in [0.15, 0.2) is 5.78 Å². The first-order valence-corrected chi connectivity index (χ1v) is 9.25. The number of benzene rings is 5. The van der Waals surface area contributed by atoms with Gasteiger partial charge >= 0.3 is 0 Å². The van der Waals surface area contributed by atoms with E-state index in [9.17, 15) is 14.9 Å². The van der Waals surface area contributed by atoms with Gasteiger partial charge in [-0.2, -0.15) is 0 Å². The van der Waals surface area contributed by atoms with E-state index in [0.29, 0.717) is 5.56 Å². The predicted molar refractivity (Wildman–Crippen MR) is 117 cm³/mol. The number of hydrogen-bond acceptors (Lipinski definition) is 3. The first-order valence-electron chi connectivity index (χ1n) is 9.25. The zero-order valence-electron chi connectivity index (χ0n) is 15.3. The van der Waals surface area contributed by atoms with Crippen LogP contribution in [-0.2, 0) is 0 Å². The van der Waals surface area contributed by atoms with Gasteiger partial charge < -0.3 is 0 Å². The maximum absolute atomic E-state index is 12.5. The molecule has 138 valence electrons. The molecule has 0 aliphatic heterocycles. The van der Waals surface area contributed by atoms with Crippen LogP contribution in [0.4, 0.5) is 5.69 Å². The lowest BCUT2D eigenvalue weighted by Gasteiger charge is -2.12. The van der Waals surface area contributed by atoms with E-state index < -0.39 is 4.92 Å². The van der Waals surface area contributed by atoms with Crippen molar-refractivity contribution in [3.8, 4) is 0 Å². The quantitative estimate of drug-likeness (QED) is 0.120. The van der Waals surface area contributed by atoms with Crippen LogP contribution in [0.2, 0.25) is 0 Å². The molecular weight excluding hydrogens is 362 g/mol. The normalized spacial score (nSPS) is 11.7. The summed E-state index contributed by atoms with van der Waals surface area (Å²) in [6, 6.07) is 24.5. The van der Waals surface area contributed by atoms with Crippen LogP contribution >= 0.6 is 0 Å². The number of carbonyl (C=O) groups excluding carboxylic acids is 1. The van der Waals surface area contributed by atoms with E-state index in [4.69, 9.17) is 0 Å². The highest BCUT2D eigenvalue weighted by molar-refractivity contribution is 6.24. The molecule has 0 radical (unpaired) electrons. The largest absolute Gasteiger partial charge is 0.289 e. The first kappa shape index (κ1) is 17.1. The van der Waals surface area contributed by atoms with Crippen LogP contribution in [0.15, 0.2) is 84.9 Å². The van der Waals surface area contributed by atoms with Gasteiger partial charge in [-0.15, -0.1) is 0 Å². The van der Waals surface area contributed by atoms with Gasteiger partial charge in [-0.1, -0.05) is 60.7 Å². The molecule has 0 bridgehead atoms. The molecule has 0 heterocycles. The minimum atomic E-state index is -0.477. The topological polar surface area (TPSA) is 60.2 Å². The Hall–Kier alpha value is -4.05. The molecule has 0 saturated heterocycles. The molecular formula is C25H15NO3. The molecule has 0 spiro atoms. The molecule has 0 unspecified atom stereocenters. The fraction of sp³-hybridized carbons (Fsp3) is 0. The number of nitrogens with zero attached hydrogens (tertiary/aromatic N) is 1. The second kappa shape index (κ2) is 6.53. The van der Waals surface area contributed by atoms with Gasteiger partial charge in [0.2, 0.25) is 0 Å². The zero-order chi connectivity index (χ0) is 20.0. The van der Waals surface area contributed by atoms with Gasteiger partial charge in [-0.3, -0.25) is 14.9 Å². The van der Waals surface area contributed by atoms with Crippen molar-refractivity contribution in [1.82, 2.24) is 0 Å². The molecule has 5 rings (SSSR count). The second-order valence-corrected chi connectivity index (χ2v) is 7.01. The molecule has 0 saturated carbocycles. The lowest BCUT2D eigenvalue weighted by molar-refractivity contribution is -0.384. The van der Waals surface area contributed by atoms with Crippen molar-refractivity contribution in [3.63, 3.8) is 0 Å². The van der Waals surface area contributed by atoms with E-state index >= 15 is 0 Å². The van der Waals surface area contributed by atoms with Gasteiger partial charge in [0.05, 0.1) is 4.92 Å². The number of ketones is 1. The summed E-state index contributed by atoms with van der Waals surface area (Å²) in [4.78, 5) is 22.8. The average Bonchev–Trinajstić information content (AvgIpc) is 2.76. The Bertz CT molecular complexity index is 1420. The molecule has 0 aliphatic carbocycles. The molecule has 0 atom stereocenters. The number of nitro benzene ring substituents is 1. The highest BCUT2D eigenvalue weighted by atomic mass is 16.6. The molecule has 5 aromatic rings. The van der Waals surface area contributed by atoms with Crippen molar-refractivity contribution >= 4 is 49.9 Å². The Morgan fingerprint density at radius 2 is 1.38 bits per heavy atom. The van der Waals surface area contributed by atoms with E-state index in [0.717, 1.165) is 10.9 Å². The summed E-state index contributed by atoms with van der Waals surface area (Å²) in [6.45, 7) is 0. The van der Waals surface area contributed by atoms with Crippen LogP contribution in [-0.4, -0.2) is 10.7 Å². The maximum Gasteiger partial charge on any atom is 0.269 e. The number of carbonyl (C=O) groups is 1. The van der Waals surface area contributed by atoms with E-state index in [2.05, 4.69) is 48.5 Å². The summed E-state index contributed by atoms with van der Waals surface area (Å²) in [7, 11) is 0. The van der Waals surface area contributed by atoms with Gasteiger partial charge in [0.25, 0.3) is 5.69 Å². The van der Waals surface area contributed by atoms with Crippen LogP contribution < -0.4 is 0 Å². The van der Waals surface area contributed by atoms with Gasteiger partial charge in [0.1, 0.15) is 0 Å². The summed E-state index contributed by atoms with van der Waals surface area (Å²) in [5.41, 5.74) is 1.35. The maximum atomic E-state index is 12.5. The summed E-state index contributed by atoms with van der Waals surface area (Å²) >= 11 is 0. The number of nitro groups is 1. The standard InChI is InChI=1S/C25H15NO3/c27-23(17-8-12-21(13-9-17)26(28)29)15-11-16-4-5-20-7-6-18-2-1-3-19-10-14-22(16)25(20)24(18)19/h1-15H/b15-11+. The zero-order valence-corrected chi connectivity index (χ0v) is 15.3. The lowest BCUT2D eigenvalue weighted by atomic mass is 9.92. The Balaban J connectivity index is 1.58. The molecule has 5 aromatic carbocycles. The minimum Gasteiger partial charge on any atom is -0.289 e. The molecule has 0 amide bonds. The Kier molecular flexibility index (Phi) is 3.85. The van der Waals surface area contributed by atoms with Crippen molar-refractivity contribution in [2.75, 3.05) is 0 Å². The molecule has 4 heteroatoms. The number of non-ortho nitro benzene ring substituents is 1. The third-order valence-corrected chi connectivity index (χ3v) is 5.34. The molecule has 0 fully saturated rings. The summed E-state index contributed by atoms with van der Waals surface area (Å²) < 4.78 is 0. The van der Waals surface area contributed by atoms with Gasteiger partial charge in [0, 0.05) is 17.7 Å². The van der Waals surface area contributed by atoms with E-state index in [1.807, 2.05) is 12.1 Å². The number of allylic oxidation sites excluding steroid dienone is 1. The Labute approximate surface area is 166 Å². The van der Waals surface area contributed by atoms with Crippen molar-refractivity contribution in [2.45, 2.75) is 0 Å². The van der Waals surface area contributed by atoms with Crippen molar-refractivity contribution < 1.29 is 9.72 Å². The molecule has 29 heavy (non-hydrogen) atoms. The van der Waals surface area contributed by atoms with E-state index in [1.165, 1.54) is 57.3 Å². The highest BCUT2D eigenvalue weighted by Gasteiger charge is 2.10. The summed E-state index contributed by atoms with van der Waals surface area (Å²) in [5, 5.41) is 17.9. The monoisotopic (exact) mass is 377 g/mol. The van der Waals surface area contributed by atoms with Crippen molar-refractivity contribution in [2.24, 2.45) is 0 Å². The van der Waals surface area contributed by atoms with Crippen molar-refractivity contribution in [1.29, 1.82) is 0 Å². The number of rotatable bonds is 4. The van der Waals surface area contributed by atoms with Gasteiger partial charge in [-0.05, 0) is 56.1 Å². The predicted octanol–water partition coefficient (Wildman–Crippen LogP) is 6.39. The molecule has 0 aromatic heterocycles. The average molecular weight is 377 g/mol. The summed E-state index contributed by atoms with van der Waals surface area (Å²) in [6.07, 6.45) is 3.34. The second-order valence-electron chi connectivity index (χ2n) is 7.01. The highest BCUT2D eigenvalue weighted by Crippen LogP contribution is 2.36. The van der Waals surface area contributed by atoms with Crippen LogP contribution in [0, 0.1) is 10.1 Å². The third-order valence-electron chi connectivity index (χ3n) is 5.34. The Morgan fingerprint density at radius 3 is 2.07 bits per heavy atom. The Morgan fingerprint density at radius 1 is 0.759 bits per heavy atom. The van der Waals surface area contributed by atoms with Gasteiger partial charge in [-0.25, -0.2) is 0 Å². The SMILES string of the molecule is O=C(/C=C/c1ccc2ccc3cccc4ccc1c2c34)c1ccc([N+](=O)[O-])cc1. The van der Waals surface area contributed by atoms with E-state index in [-0.39, 0.29) is 11.5 Å². The van der Waals surface area contributed by atoms with Crippen LogP contribution in [0.1, 0.15) is 15.9 Å². The van der Waals surface area contributed by atoms with E-state index in [1.54, 1.807) is 0 Å². The van der Waals surface area contributed by atoms with Crippen molar-refractivity contribution in [3.05, 3.63) is 106 Å². The molecule has 0 aliphatic rings. The minimum absolute atomic E-state index is 0.0303. The smallest absolute Gasteiger partial charge is 0.269 e. The fourth-order valence-electron chi connectivity index (χ4n) is 3.91. The lowest BCUT2D eigenvalue weighted by Crippen LogP contribution is -1.95.